The molecule has 1 aliphatic rings. The highest BCUT2D eigenvalue weighted by atomic mass is 16.2. The summed E-state index contributed by atoms with van der Waals surface area (Å²) in [5.41, 5.74) is 2.10. The van der Waals surface area contributed by atoms with Gasteiger partial charge in [0.25, 0.3) is 5.91 Å². The van der Waals surface area contributed by atoms with E-state index in [-0.39, 0.29) is 18.0 Å². The number of aryl methyl sites for hydroxylation is 1. The first-order valence-corrected chi connectivity index (χ1v) is 6.65. The van der Waals surface area contributed by atoms with Crippen LogP contribution in [0, 0.1) is 12.8 Å². The van der Waals surface area contributed by atoms with Gasteiger partial charge in [-0.2, -0.15) is 0 Å². The summed E-state index contributed by atoms with van der Waals surface area (Å²) in [6.45, 7) is 6.43. The Labute approximate surface area is 113 Å². The van der Waals surface area contributed by atoms with Gasteiger partial charge in [-0.05, 0) is 30.4 Å². The molecule has 1 aromatic rings. The minimum atomic E-state index is -0.364. The van der Waals surface area contributed by atoms with Crippen molar-refractivity contribution in [2.45, 2.75) is 39.8 Å². The van der Waals surface area contributed by atoms with Gasteiger partial charge in [0.2, 0.25) is 0 Å². The van der Waals surface area contributed by atoms with E-state index in [0.29, 0.717) is 18.9 Å². The highest BCUT2D eigenvalue weighted by molar-refractivity contribution is 6.04. The summed E-state index contributed by atoms with van der Waals surface area (Å²) in [7, 11) is 0. The molecule has 0 bridgehead atoms. The zero-order valence-corrected chi connectivity index (χ0v) is 11.6. The van der Waals surface area contributed by atoms with Crippen LogP contribution in [0.3, 0.4) is 0 Å². The van der Waals surface area contributed by atoms with E-state index in [4.69, 9.17) is 0 Å². The van der Waals surface area contributed by atoms with E-state index < -0.39 is 0 Å². The van der Waals surface area contributed by atoms with E-state index in [9.17, 15) is 9.59 Å². The molecule has 0 radical (unpaired) electrons. The van der Waals surface area contributed by atoms with Crippen LogP contribution in [0.1, 0.15) is 31.4 Å². The Morgan fingerprint density at radius 1 is 1.26 bits per heavy atom. The van der Waals surface area contributed by atoms with Crippen LogP contribution in [0.4, 0.5) is 4.79 Å². The molecule has 1 atom stereocenters. The molecule has 3 amide bonds. The Balaban J connectivity index is 2.11. The summed E-state index contributed by atoms with van der Waals surface area (Å²) in [5, 5.41) is 2.76. The van der Waals surface area contributed by atoms with Gasteiger partial charge in [0.1, 0.15) is 6.04 Å². The fourth-order valence-corrected chi connectivity index (χ4v) is 2.32. The van der Waals surface area contributed by atoms with Gasteiger partial charge in [-0.3, -0.25) is 9.69 Å². The van der Waals surface area contributed by atoms with Crippen LogP contribution in [0.5, 0.6) is 0 Å². The lowest BCUT2D eigenvalue weighted by molar-refractivity contribution is -0.128. The van der Waals surface area contributed by atoms with Gasteiger partial charge >= 0.3 is 6.03 Å². The molecule has 0 unspecified atom stereocenters. The van der Waals surface area contributed by atoms with Crippen molar-refractivity contribution in [3.8, 4) is 0 Å². The largest absolute Gasteiger partial charge is 0.326 e. The van der Waals surface area contributed by atoms with Crippen LogP contribution in [0.2, 0.25) is 0 Å². The molecule has 4 nitrogen and oxygen atoms in total. The van der Waals surface area contributed by atoms with E-state index in [2.05, 4.69) is 5.32 Å². The Hall–Kier alpha value is -1.84. The molecule has 0 saturated carbocycles. The van der Waals surface area contributed by atoms with Crippen molar-refractivity contribution in [3.05, 3.63) is 35.4 Å². The fraction of sp³-hybridized carbons (Fsp3) is 0.467. The summed E-state index contributed by atoms with van der Waals surface area (Å²) < 4.78 is 0. The monoisotopic (exact) mass is 260 g/mol. The van der Waals surface area contributed by atoms with Crippen molar-refractivity contribution < 1.29 is 9.59 Å². The average Bonchev–Trinajstić information content (AvgIpc) is 2.59. The second-order valence-corrected chi connectivity index (χ2v) is 5.48. The van der Waals surface area contributed by atoms with Crippen molar-refractivity contribution in [2.75, 3.05) is 0 Å². The molecular formula is C15H20N2O2. The molecule has 2 rings (SSSR count). The van der Waals surface area contributed by atoms with Gasteiger partial charge in [-0.1, -0.05) is 38.1 Å². The summed E-state index contributed by atoms with van der Waals surface area (Å²) in [4.78, 5) is 25.4. The third-order valence-corrected chi connectivity index (χ3v) is 3.40. The molecular weight excluding hydrogens is 240 g/mol. The maximum Gasteiger partial charge on any atom is 0.325 e. The fourth-order valence-electron chi connectivity index (χ4n) is 2.32. The topological polar surface area (TPSA) is 49.4 Å². The molecule has 1 N–H and O–H groups in total. The predicted octanol–water partition coefficient (Wildman–Crippen LogP) is 2.46. The van der Waals surface area contributed by atoms with Gasteiger partial charge in [-0.25, -0.2) is 4.79 Å². The number of amides is 3. The third-order valence-electron chi connectivity index (χ3n) is 3.40. The minimum absolute atomic E-state index is 0.109. The maximum atomic E-state index is 12.2. The quantitative estimate of drug-likeness (QED) is 0.845. The number of carbonyl (C=O) groups excluding carboxylic acids is 2. The molecule has 1 aromatic carbocycles. The number of carbonyl (C=O) groups is 2. The molecule has 4 heteroatoms. The molecule has 0 aliphatic carbocycles. The normalized spacial score (nSPS) is 19.2. The van der Waals surface area contributed by atoms with Gasteiger partial charge in [0, 0.05) is 0 Å². The second kappa shape index (κ2) is 5.43. The lowest BCUT2D eigenvalue weighted by Gasteiger charge is -2.15. The molecule has 1 fully saturated rings. The Kier molecular flexibility index (Phi) is 3.88. The van der Waals surface area contributed by atoms with Crippen LogP contribution < -0.4 is 5.32 Å². The Morgan fingerprint density at radius 3 is 2.58 bits per heavy atom. The minimum Gasteiger partial charge on any atom is -0.326 e. The predicted molar refractivity (Wildman–Crippen MR) is 73.5 cm³/mol. The van der Waals surface area contributed by atoms with Crippen LogP contribution in [0.15, 0.2) is 24.3 Å². The number of nitrogens with zero attached hydrogens (tertiary/aromatic N) is 1. The van der Waals surface area contributed by atoms with Gasteiger partial charge in [0.15, 0.2) is 0 Å². The highest BCUT2D eigenvalue weighted by Gasteiger charge is 2.37. The van der Waals surface area contributed by atoms with E-state index in [0.717, 1.165) is 11.1 Å². The highest BCUT2D eigenvalue weighted by Crippen LogP contribution is 2.18. The second-order valence-electron chi connectivity index (χ2n) is 5.48. The van der Waals surface area contributed by atoms with Crippen molar-refractivity contribution in [2.24, 2.45) is 5.92 Å². The number of hydrogen-bond donors (Lipinski definition) is 1. The number of benzene rings is 1. The molecule has 1 saturated heterocycles. The summed E-state index contributed by atoms with van der Waals surface area (Å²) in [6, 6.07) is 7.17. The van der Waals surface area contributed by atoms with E-state index >= 15 is 0 Å². The van der Waals surface area contributed by atoms with Crippen LogP contribution >= 0.6 is 0 Å². The van der Waals surface area contributed by atoms with E-state index in [1.54, 1.807) is 0 Å². The van der Waals surface area contributed by atoms with Crippen molar-refractivity contribution in [1.82, 2.24) is 10.2 Å². The first kappa shape index (κ1) is 13.6. The number of rotatable bonds is 4. The van der Waals surface area contributed by atoms with Gasteiger partial charge in [-0.15, -0.1) is 0 Å². The van der Waals surface area contributed by atoms with Crippen molar-refractivity contribution in [1.29, 1.82) is 0 Å². The molecule has 102 valence electrons. The molecule has 1 aliphatic heterocycles. The summed E-state index contributed by atoms with van der Waals surface area (Å²) in [6.07, 6.45) is 0.689. The Morgan fingerprint density at radius 2 is 1.95 bits per heavy atom. The molecule has 0 aromatic heterocycles. The summed E-state index contributed by atoms with van der Waals surface area (Å²) >= 11 is 0. The number of nitrogens with one attached hydrogen (secondary N) is 1. The van der Waals surface area contributed by atoms with Gasteiger partial charge in [0.05, 0.1) is 6.54 Å². The van der Waals surface area contributed by atoms with Crippen LogP contribution in [-0.4, -0.2) is 22.9 Å². The smallest absolute Gasteiger partial charge is 0.325 e. The number of hydrogen-bond acceptors (Lipinski definition) is 2. The first-order chi connectivity index (χ1) is 8.99. The molecule has 19 heavy (non-hydrogen) atoms. The van der Waals surface area contributed by atoms with Crippen LogP contribution in [0.25, 0.3) is 0 Å². The average molecular weight is 260 g/mol. The zero-order valence-electron chi connectivity index (χ0n) is 11.6. The Bertz CT molecular complexity index is 497. The van der Waals surface area contributed by atoms with Gasteiger partial charge < -0.3 is 5.32 Å². The van der Waals surface area contributed by atoms with Crippen molar-refractivity contribution >= 4 is 11.9 Å². The zero-order chi connectivity index (χ0) is 14.0. The molecule has 0 spiro atoms. The van der Waals surface area contributed by atoms with E-state index in [1.807, 2.05) is 45.0 Å². The SMILES string of the molecule is Cc1ccccc1CN1C(=O)N[C@@H](CC(C)C)C1=O. The van der Waals surface area contributed by atoms with Crippen LogP contribution in [-0.2, 0) is 11.3 Å². The lowest BCUT2D eigenvalue weighted by atomic mass is 10.0. The number of imide groups is 1. The summed E-state index contributed by atoms with van der Waals surface area (Å²) in [5.74, 6) is 0.273. The van der Waals surface area contributed by atoms with E-state index in [1.165, 1.54) is 4.90 Å². The lowest BCUT2D eigenvalue weighted by Crippen LogP contribution is -2.31. The standard InChI is InChI=1S/C15H20N2O2/c1-10(2)8-13-14(18)17(15(19)16-13)9-12-7-5-4-6-11(12)3/h4-7,10,13H,8-9H2,1-3H3,(H,16,19)/t13-/m0/s1. The third kappa shape index (κ3) is 2.95. The first-order valence-electron chi connectivity index (χ1n) is 6.65. The van der Waals surface area contributed by atoms with Crippen molar-refractivity contribution in [3.63, 3.8) is 0 Å². The molecule has 1 heterocycles. The maximum absolute atomic E-state index is 12.2. The number of urea groups is 1.